The zero-order valence-corrected chi connectivity index (χ0v) is 20.7. The first-order valence-corrected chi connectivity index (χ1v) is 13.3. The molecule has 184 valence electrons. The van der Waals surface area contributed by atoms with Gasteiger partial charge < -0.3 is 19.7 Å². The maximum Gasteiger partial charge on any atom is 0.251 e. The minimum absolute atomic E-state index is 0.237. The number of hydrogen-bond donors (Lipinski definition) is 1. The van der Waals surface area contributed by atoms with E-state index in [9.17, 15) is 13.2 Å². The molecule has 0 radical (unpaired) electrons. The van der Waals surface area contributed by atoms with Crippen molar-refractivity contribution in [1.82, 2.24) is 9.62 Å². The maximum atomic E-state index is 13.5. The summed E-state index contributed by atoms with van der Waals surface area (Å²) in [5, 5.41) is 2.92. The highest BCUT2D eigenvalue weighted by Gasteiger charge is 2.32. The van der Waals surface area contributed by atoms with Crippen molar-refractivity contribution in [3.8, 4) is 11.5 Å². The number of benzene rings is 2. The van der Waals surface area contributed by atoms with Crippen LogP contribution < -0.4 is 19.7 Å². The number of ether oxygens (including phenoxy) is 2. The van der Waals surface area contributed by atoms with Crippen molar-refractivity contribution < 1.29 is 22.7 Å². The fraction of sp³-hybridized carbons (Fsp3) is 0.480. The highest BCUT2D eigenvalue weighted by atomic mass is 32.2. The molecule has 4 rings (SSSR count). The van der Waals surface area contributed by atoms with Gasteiger partial charge >= 0.3 is 0 Å². The number of hydrogen-bond acceptors (Lipinski definition) is 6. The second kappa shape index (κ2) is 10.7. The van der Waals surface area contributed by atoms with Gasteiger partial charge in [-0.15, -0.1) is 0 Å². The highest BCUT2D eigenvalue weighted by molar-refractivity contribution is 7.89. The molecular formula is C25H33N3O5S. The summed E-state index contributed by atoms with van der Waals surface area (Å²) >= 11 is 0. The zero-order valence-electron chi connectivity index (χ0n) is 19.9. The number of nitrogens with zero attached hydrogens (tertiary/aromatic N) is 2. The number of amides is 1. The Bertz CT molecular complexity index is 1120. The molecule has 0 aromatic heterocycles. The van der Waals surface area contributed by atoms with Crippen LogP contribution in [0.25, 0.3) is 0 Å². The summed E-state index contributed by atoms with van der Waals surface area (Å²) in [5.74, 6) is 1.11. The standard InChI is InChI=1S/C25H33N3O5S/c1-32-21-9-7-19(23(18-21)33-2)11-12-26-25(29)20-8-10-22(27-13-3-4-14-27)24(17-20)34(30,31)28-15-5-6-16-28/h7-10,17-18H,3-6,11-16H2,1-2H3,(H,26,29). The van der Waals surface area contributed by atoms with Gasteiger partial charge in [0, 0.05) is 44.4 Å². The van der Waals surface area contributed by atoms with Crippen LogP contribution in [0.1, 0.15) is 41.6 Å². The van der Waals surface area contributed by atoms with Gasteiger partial charge in [-0.1, -0.05) is 6.07 Å². The van der Waals surface area contributed by atoms with Gasteiger partial charge in [0.05, 0.1) is 19.9 Å². The summed E-state index contributed by atoms with van der Waals surface area (Å²) in [5.41, 5.74) is 2.00. The second-order valence-corrected chi connectivity index (χ2v) is 10.6. The van der Waals surface area contributed by atoms with Crippen LogP contribution in [0.2, 0.25) is 0 Å². The van der Waals surface area contributed by atoms with E-state index in [1.54, 1.807) is 36.7 Å². The van der Waals surface area contributed by atoms with Crippen molar-refractivity contribution in [3.05, 3.63) is 47.5 Å². The predicted octanol–water partition coefficient (Wildman–Crippen LogP) is 3.06. The molecule has 2 aromatic rings. The highest BCUT2D eigenvalue weighted by Crippen LogP contribution is 2.33. The molecular weight excluding hydrogens is 454 g/mol. The van der Waals surface area contributed by atoms with E-state index < -0.39 is 10.0 Å². The van der Waals surface area contributed by atoms with Gasteiger partial charge in [0.1, 0.15) is 16.4 Å². The Hall–Kier alpha value is -2.78. The molecule has 0 saturated carbocycles. The lowest BCUT2D eigenvalue weighted by atomic mass is 10.1. The minimum Gasteiger partial charge on any atom is -0.497 e. The second-order valence-electron chi connectivity index (χ2n) is 8.67. The number of anilines is 1. The Morgan fingerprint density at radius 2 is 1.65 bits per heavy atom. The average Bonchev–Trinajstić information content (AvgIpc) is 3.59. The number of carbonyl (C=O) groups excluding carboxylic acids is 1. The molecule has 0 atom stereocenters. The maximum absolute atomic E-state index is 13.5. The minimum atomic E-state index is -3.66. The number of nitrogens with one attached hydrogen (secondary N) is 1. The van der Waals surface area contributed by atoms with Crippen molar-refractivity contribution >= 4 is 21.6 Å². The topological polar surface area (TPSA) is 88.2 Å². The van der Waals surface area contributed by atoms with Crippen molar-refractivity contribution in [1.29, 1.82) is 0 Å². The van der Waals surface area contributed by atoms with E-state index in [0.717, 1.165) is 44.3 Å². The van der Waals surface area contributed by atoms with E-state index >= 15 is 0 Å². The Morgan fingerprint density at radius 1 is 0.941 bits per heavy atom. The van der Waals surface area contributed by atoms with E-state index in [1.165, 1.54) is 0 Å². The van der Waals surface area contributed by atoms with Gasteiger partial charge in [0.15, 0.2) is 0 Å². The van der Waals surface area contributed by atoms with Crippen molar-refractivity contribution in [2.24, 2.45) is 0 Å². The lowest BCUT2D eigenvalue weighted by Gasteiger charge is -2.24. The molecule has 0 bridgehead atoms. The number of rotatable bonds is 9. The molecule has 1 amide bonds. The van der Waals surface area contributed by atoms with Crippen LogP contribution >= 0.6 is 0 Å². The van der Waals surface area contributed by atoms with Crippen molar-refractivity contribution in [2.75, 3.05) is 51.8 Å². The molecule has 0 aliphatic carbocycles. The Labute approximate surface area is 201 Å². The van der Waals surface area contributed by atoms with Gasteiger partial charge in [-0.25, -0.2) is 8.42 Å². The molecule has 2 fully saturated rings. The monoisotopic (exact) mass is 487 g/mol. The van der Waals surface area contributed by atoms with E-state index in [-0.39, 0.29) is 10.8 Å². The van der Waals surface area contributed by atoms with Crippen LogP contribution in [0.3, 0.4) is 0 Å². The summed E-state index contributed by atoms with van der Waals surface area (Å²) in [4.78, 5) is 15.3. The summed E-state index contributed by atoms with van der Waals surface area (Å²) in [6, 6.07) is 10.6. The molecule has 2 saturated heterocycles. The zero-order chi connectivity index (χ0) is 24.1. The Balaban J connectivity index is 1.52. The van der Waals surface area contributed by atoms with Crippen LogP contribution in [0.5, 0.6) is 11.5 Å². The third-order valence-electron chi connectivity index (χ3n) is 6.53. The van der Waals surface area contributed by atoms with Crippen LogP contribution in [-0.4, -0.2) is 65.6 Å². The molecule has 2 aromatic carbocycles. The lowest BCUT2D eigenvalue weighted by Crippen LogP contribution is -2.31. The number of sulfonamides is 1. The molecule has 9 heteroatoms. The first-order chi connectivity index (χ1) is 16.4. The predicted molar refractivity (Wildman–Crippen MR) is 131 cm³/mol. The summed E-state index contributed by atoms with van der Waals surface area (Å²) in [6.07, 6.45) is 4.39. The van der Waals surface area contributed by atoms with Crippen LogP contribution in [0, 0.1) is 0 Å². The Morgan fingerprint density at radius 3 is 2.32 bits per heavy atom. The first-order valence-electron chi connectivity index (χ1n) is 11.8. The van der Waals surface area contributed by atoms with Gasteiger partial charge in [0.2, 0.25) is 10.0 Å². The molecule has 2 aliphatic heterocycles. The van der Waals surface area contributed by atoms with Crippen LogP contribution in [-0.2, 0) is 16.4 Å². The number of methoxy groups -OCH3 is 2. The average molecular weight is 488 g/mol. The molecule has 0 spiro atoms. The van der Waals surface area contributed by atoms with Gasteiger partial charge in [0.25, 0.3) is 5.91 Å². The summed E-state index contributed by atoms with van der Waals surface area (Å²) < 4.78 is 39.1. The fourth-order valence-corrected chi connectivity index (χ4v) is 6.37. The molecule has 8 nitrogen and oxygen atoms in total. The smallest absolute Gasteiger partial charge is 0.251 e. The van der Waals surface area contributed by atoms with E-state index in [2.05, 4.69) is 10.2 Å². The first kappa shape index (κ1) is 24.3. The quantitative estimate of drug-likeness (QED) is 0.585. The van der Waals surface area contributed by atoms with Crippen LogP contribution in [0.15, 0.2) is 41.3 Å². The summed E-state index contributed by atoms with van der Waals surface area (Å²) in [6.45, 7) is 3.11. The van der Waals surface area contributed by atoms with Crippen molar-refractivity contribution in [3.63, 3.8) is 0 Å². The normalized spacial score (nSPS) is 16.6. The van der Waals surface area contributed by atoms with E-state index in [4.69, 9.17) is 9.47 Å². The fourth-order valence-electron chi connectivity index (χ4n) is 4.62. The summed E-state index contributed by atoms with van der Waals surface area (Å²) in [7, 11) is -0.461. The van der Waals surface area contributed by atoms with Crippen molar-refractivity contribution in [2.45, 2.75) is 37.0 Å². The molecule has 0 unspecified atom stereocenters. The number of carbonyl (C=O) groups is 1. The van der Waals surface area contributed by atoms with Gasteiger partial charge in [-0.05, 0) is 61.9 Å². The van der Waals surface area contributed by atoms with Gasteiger partial charge in [-0.3, -0.25) is 4.79 Å². The van der Waals surface area contributed by atoms with Gasteiger partial charge in [-0.2, -0.15) is 4.31 Å². The molecule has 1 N–H and O–H groups in total. The SMILES string of the molecule is COc1ccc(CCNC(=O)c2ccc(N3CCCC3)c(S(=O)(=O)N3CCCC3)c2)c(OC)c1. The third kappa shape index (κ3) is 5.15. The third-order valence-corrected chi connectivity index (χ3v) is 8.45. The molecule has 34 heavy (non-hydrogen) atoms. The molecule has 2 heterocycles. The van der Waals surface area contributed by atoms with Crippen LogP contribution in [0.4, 0.5) is 5.69 Å². The van der Waals surface area contributed by atoms with E-state index in [0.29, 0.717) is 48.8 Å². The largest absolute Gasteiger partial charge is 0.497 e. The molecule has 2 aliphatic rings. The lowest BCUT2D eigenvalue weighted by molar-refractivity contribution is 0.0954. The van der Waals surface area contributed by atoms with E-state index in [1.807, 2.05) is 18.2 Å². The Kier molecular flexibility index (Phi) is 7.63.